The molecule has 1 aliphatic heterocycles. The highest BCUT2D eigenvalue weighted by Gasteiger charge is 2.52. The standard InChI is InChI=1S/C17H26BNO3/c1-12-7-13(10-15(8-12)20-6)9-14(11-19)18-21-16(2,3)17(4,5)22-18/h7-10H,11,19H2,1-6H3. The third kappa shape index (κ3) is 3.37. The predicted octanol–water partition coefficient (Wildman–Crippen LogP) is 2.98. The summed E-state index contributed by atoms with van der Waals surface area (Å²) >= 11 is 0. The van der Waals surface area contributed by atoms with Gasteiger partial charge in [-0.15, -0.1) is 0 Å². The van der Waals surface area contributed by atoms with Crippen LogP contribution in [0.2, 0.25) is 0 Å². The van der Waals surface area contributed by atoms with E-state index in [1.807, 2.05) is 52.8 Å². The quantitative estimate of drug-likeness (QED) is 0.869. The average molecular weight is 303 g/mol. The van der Waals surface area contributed by atoms with Crippen molar-refractivity contribution < 1.29 is 14.0 Å². The fourth-order valence-electron chi connectivity index (χ4n) is 2.41. The van der Waals surface area contributed by atoms with Gasteiger partial charge in [-0.2, -0.15) is 0 Å². The van der Waals surface area contributed by atoms with Crippen LogP contribution in [0.4, 0.5) is 0 Å². The van der Waals surface area contributed by atoms with E-state index in [1.54, 1.807) is 7.11 Å². The molecule has 0 aromatic heterocycles. The van der Waals surface area contributed by atoms with E-state index in [2.05, 4.69) is 6.07 Å². The second-order valence-corrected chi connectivity index (χ2v) is 6.80. The number of aryl methyl sites for hydroxylation is 1. The van der Waals surface area contributed by atoms with Gasteiger partial charge in [-0.3, -0.25) is 0 Å². The minimum atomic E-state index is -0.415. The van der Waals surface area contributed by atoms with E-state index in [-0.39, 0.29) is 11.2 Å². The van der Waals surface area contributed by atoms with Crippen molar-refractivity contribution in [2.45, 2.75) is 45.8 Å². The van der Waals surface area contributed by atoms with Gasteiger partial charge in [-0.05, 0) is 63.4 Å². The van der Waals surface area contributed by atoms with Crippen molar-refractivity contribution in [2.24, 2.45) is 5.73 Å². The molecule has 0 unspecified atom stereocenters. The zero-order chi connectivity index (χ0) is 16.5. The smallest absolute Gasteiger partial charge is 0.491 e. The molecule has 0 amide bonds. The predicted molar refractivity (Wildman–Crippen MR) is 90.8 cm³/mol. The summed E-state index contributed by atoms with van der Waals surface area (Å²) in [7, 11) is 1.25. The molecule has 4 nitrogen and oxygen atoms in total. The number of benzene rings is 1. The zero-order valence-corrected chi connectivity index (χ0v) is 14.4. The summed E-state index contributed by atoms with van der Waals surface area (Å²) in [6.45, 7) is 10.6. The summed E-state index contributed by atoms with van der Waals surface area (Å²) in [5.41, 5.74) is 8.29. The Balaban J connectivity index is 2.31. The number of rotatable bonds is 4. The van der Waals surface area contributed by atoms with Gasteiger partial charge in [-0.25, -0.2) is 0 Å². The molecule has 1 aromatic carbocycles. The first-order valence-corrected chi connectivity index (χ1v) is 7.60. The van der Waals surface area contributed by atoms with Crippen LogP contribution in [0.1, 0.15) is 38.8 Å². The third-order valence-corrected chi connectivity index (χ3v) is 4.45. The topological polar surface area (TPSA) is 53.7 Å². The van der Waals surface area contributed by atoms with Gasteiger partial charge in [0.2, 0.25) is 0 Å². The number of hydrogen-bond donors (Lipinski definition) is 1. The van der Waals surface area contributed by atoms with Crippen molar-refractivity contribution in [3.8, 4) is 5.75 Å². The van der Waals surface area contributed by atoms with Crippen molar-refractivity contribution >= 4 is 13.2 Å². The van der Waals surface area contributed by atoms with Gasteiger partial charge < -0.3 is 19.8 Å². The SMILES string of the molecule is COc1cc(C)cc(C=C(CN)B2OC(C)(C)C(C)(C)O2)c1. The molecule has 1 aromatic rings. The van der Waals surface area contributed by atoms with Gasteiger partial charge in [0, 0.05) is 6.54 Å². The molecule has 1 fully saturated rings. The van der Waals surface area contributed by atoms with Gasteiger partial charge in [0.1, 0.15) is 5.75 Å². The molecule has 0 spiro atoms. The van der Waals surface area contributed by atoms with Crippen LogP contribution in [-0.4, -0.2) is 32.0 Å². The van der Waals surface area contributed by atoms with Crippen LogP contribution < -0.4 is 10.5 Å². The van der Waals surface area contributed by atoms with E-state index in [1.165, 1.54) is 0 Å². The molecule has 5 heteroatoms. The van der Waals surface area contributed by atoms with E-state index >= 15 is 0 Å². The molecule has 1 saturated heterocycles. The molecule has 0 radical (unpaired) electrons. The maximum Gasteiger partial charge on any atom is 0.491 e. The van der Waals surface area contributed by atoms with Crippen LogP contribution in [0.15, 0.2) is 23.7 Å². The van der Waals surface area contributed by atoms with Gasteiger partial charge in [0.05, 0.1) is 18.3 Å². The molecule has 120 valence electrons. The van der Waals surface area contributed by atoms with Crippen LogP contribution in [-0.2, 0) is 9.31 Å². The van der Waals surface area contributed by atoms with Crippen molar-refractivity contribution in [1.82, 2.24) is 0 Å². The summed E-state index contributed by atoms with van der Waals surface area (Å²) in [4.78, 5) is 0. The lowest BCUT2D eigenvalue weighted by atomic mass is 9.77. The molecule has 0 saturated carbocycles. The third-order valence-electron chi connectivity index (χ3n) is 4.45. The first kappa shape index (κ1) is 17.1. The van der Waals surface area contributed by atoms with Crippen LogP contribution in [0.3, 0.4) is 0 Å². The number of methoxy groups -OCH3 is 1. The molecule has 0 bridgehead atoms. The zero-order valence-electron chi connectivity index (χ0n) is 14.4. The van der Waals surface area contributed by atoms with Gasteiger partial charge >= 0.3 is 7.12 Å². The van der Waals surface area contributed by atoms with Crippen LogP contribution in [0.25, 0.3) is 6.08 Å². The van der Waals surface area contributed by atoms with Crippen molar-refractivity contribution in [1.29, 1.82) is 0 Å². The molecular formula is C17H26BNO3. The second kappa shape index (κ2) is 6.07. The first-order valence-electron chi connectivity index (χ1n) is 7.60. The molecule has 1 aliphatic rings. The Kier molecular flexibility index (Phi) is 4.71. The highest BCUT2D eigenvalue weighted by molar-refractivity contribution is 6.55. The van der Waals surface area contributed by atoms with E-state index in [0.29, 0.717) is 6.54 Å². The molecule has 2 rings (SSSR count). The number of ether oxygens (including phenoxy) is 1. The Morgan fingerprint density at radius 1 is 1.18 bits per heavy atom. The van der Waals surface area contributed by atoms with E-state index in [4.69, 9.17) is 19.8 Å². The van der Waals surface area contributed by atoms with E-state index in [0.717, 1.165) is 22.3 Å². The molecule has 1 heterocycles. The Morgan fingerprint density at radius 2 is 1.77 bits per heavy atom. The summed E-state index contributed by atoms with van der Waals surface area (Å²) in [6, 6.07) is 6.06. The molecular weight excluding hydrogens is 277 g/mol. The van der Waals surface area contributed by atoms with Crippen LogP contribution in [0, 0.1) is 6.92 Å². The van der Waals surface area contributed by atoms with E-state index < -0.39 is 7.12 Å². The van der Waals surface area contributed by atoms with Crippen molar-refractivity contribution in [2.75, 3.05) is 13.7 Å². The highest BCUT2D eigenvalue weighted by atomic mass is 16.7. The Morgan fingerprint density at radius 3 is 2.27 bits per heavy atom. The Hall–Kier alpha value is -1.30. The van der Waals surface area contributed by atoms with Gasteiger partial charge in [-0.1, -0.05) is 12.1 Å². The minimum Gasteiger partial charge on any atom is -0.497 e. The normalized spacial score (nSPS) is 20.3. The fourth-order valence-corrected chi connectivity index (χ4v) is 2.41. The lowest BCUT2D eigenvalue weighted by Gasteiger charge is -2.32. The first-order chi connectivity index (χ1) is 10.2. The van der Waals surface area contributed by atoms with Crippen molar-refractivity contribution in [3.05, 3.63) is 34.8 Å². The summed E-state index contributed by atoms with van der Waals surface area (Å²) in [5, 5.41) is 0. The maximum absolute atomic E-state index is 6.07. The molecule has 0 aliphatic carbocycles. The van der Waals surface area contributed by atoms with Gasteiger partial charge in [0.15, 0.2) is 0 Å². The molecule has 0 atom stereocenters. The maximum atomic E-state index is 6.07. The van der Waals surface area contributed by atoms with Crippen molar-refractivity contribution in [3.63, 3.8) is 0 Å². The number of hydrogen-bond acceptors (Lipinski definition) is 4. The lowest BCUT2D eigenvalue weighted by molar-refractivity contribution is 0.00578. The van der Waals surface area contributed by atoms with Crippen LogP contribution >= 0.6 is 0 Å². The summed E-state index contributed by atoms with van der Waals surface area (Å²) in [5.74, 6) is 0.830. The largest absolute Gasteiger partial charge is 0.497 e. The molecule has 2 N–H and O–H groups in total. The monoisotopic (exact) mass is 303 g/mol. The van der Waals surface area contributed by atoms with E-state index in [9.17, 15) is 0 Å². The van der Waals surface area contributed by atoms with Gasteiger partial charge in [0.25, 0.3) is 0 Å². The lowest BCUT2D eigenvalue weighted by Crippen LogP contribution is -2.41. The second-order valence-electron chi connectivity index (χ2n) is 6.80. The molecule has 22 heavy (non-hydrogen) atoms. The Labute approximate surface area is 133 Å². The minimum absolute atomic E-state index is 0.365. The number of nitrogens with two attached hydrogens (primary N) is 1. The fraction of sp³-hybridized carbons (Fsp3) is 0.529. The Bertz CT molecular complexity index is 565. The summed E-state index contributed by atoms with van der Waals surface area (Å²) < 4.78 is 17.5. The highest BCUT2D eigenvalue weighted by Crippen LogP contribution is 2.38. The average Bonchev–Trinajstić information content (AvgIpc) is 2.64. The van der Waals surface area contributed by atoms with Crippen LogP contribution in [0.5, 0.6) is 5.75 Å². The summed E-state index contributed by atoms with van der Waals surface area (Å²) in [6.07, 6.45) is 2.03.